The monoisotopic (exact) mass is 343 g/mol. The van der Waals surface area contributed by atoms with Crippen LogP contribution in [0.15, 0.2) is 48.5 Å². The minimum Gasteiger partial charge on any atom is -0.561 e. The van der Waals surface area contributed by atoms with Crippen LogP contribution >= 0.6 is 0 Å². The number of hydrogen-bond donors (Lipinski definition) is 1. The quantitative estimate of drug-likeness (QED) is 0.566. The highest BCUT2D eigenvalue weighted by Crippen LogP contribution is 2.37. The molecule has 0 saturated heterocycles. The van der Waals surface area contributed by atoms with Crippen molar-refractivity contribution in [3.63, 3.8) is 0 Å². The van der Waals surface area contributed by atoms with E-state index in [0.717, 1.165) is 17.0 Å². The van der Waals surface area contributed by atoms with Crippen molar-refractivity contribution in [1.82, 2.24) is 0 Å². The van der Waals surface area contributed by atoms with Crippen LogP contribution in [0.3, 0.4) is 0 Å². The Hall–Kier alpha value is -1.78. The lowest BCUT2D eigenvalue weighted by Gasteiger charge is -2.48. The summed E-state index contributed by atoms with van der Waals surface area (Å²) in [5, 5.41) is 0.236. The van der Waals surface area contributed by atoms with E-state index in [2.05, 4.69) is 58.1 Å². The van der Waals surface area contributed by atoms with Crippen molar-refractivity contribution >= 4 is 14.0 Å². The summed E-state index contributed by atoms with van der Waals surface area (Å²) in [6.07, 6.45) is 0. The summed E-state index contributed by atoms with van der Waals surface area (Å²) < 4.78 is 12.0. The molecule has 131 valence electrons. The largest absolute Gasteiger partial charge is 0.561 e. The van der Waals surface area contributed by atoms with Crippen molar-refractivity contribution in [3.05, 3.63) is 59.7 Å². The first-order chi connectivity index (χ1) is 11.2. The molecule has 2 rings (SSSR count). The summed E-state index contributed by atoms with van der Waals surface area (Å²) in [7, 11) is -1.70. The standard InChI is InChI=1S/C20H29NO2Si/c1-20(2,3)24(4,5)23-15-17-8-6-16(7-9-17)14-22-19-12-10-18(21)11-13-19/h6-13H,14-15,21H2,1-5H3/q-1. The number of nitrogens with two attached hydrogens (primary N) is 1. The molecule has 2 aromatic carbocycles. The highest BCUT2D eigenvalue weighted by molar-refractivity contribution is 6.74. The molecular weight excluding hydrogens is 314 g/mol. The molecule has 2 N–H and O–H groups in total. The molecule has 4 heteroatoms. The fourth-order valence-electron chi connectivity index (χ4n) is 1.94. The maximum Gasteiger partial charge on any atom is 0.119 e. The van der Waals surface area contributed by atoms with E-state index in [1.165, 1.54) is 5.56 Å². The predicted octanol–water partition coefficient (Wildman–Crippen LogP) is 5.37. The molecule has 0 fully saturated rings. The summed E-state index contributed by atoms with van der Waals surface area (Å²) in [5.41, 5.74) is 8.76. The molecule has 2 aromatic rings. The lowest BCUT2D eigenvalue weighted by Crippen LogP contribution is -2.40. The Morgan fingerprint density at radius 2 is 1.33 bits per heavy atom. The zero-order valence-corrected chi connectivity index (χ0v) is 16.4. The molecule has 0 bridgehead atoms. The SMILES string of the molecule is CC(C)(C)[Si-](C)(C)OCc1ccc(COc2ccc(N)cc2)cc1. The number of benzene rings is 2. The van der Waals surface area contributed by atoms with E-state index >= 15 is 0 Å². The second-order valence-corrected chi connectivity index (χ2v) is 12.5. The third-order valence-corrected chi connectivity index (χ3v) is 9.19. The lowest BCUT2D eigenvalue weighted by molar-refractivity contribution is 0.276. The van der Waals surface area contributed by atoms with Crippen molar-refractivity contribution in [1.29, 1.82) is 0 Å². The van der Waals surface area contributed by atoms with Gasteiger partial charge in [-0.05, 0) is 43.7 Å². The van der Waals surface area contributed by atoms with E-state index in [1.807, 2.05) is 24.3 Å². The molecule has 0 saturated carbocycles. The summed E-state index contributed by atoms with van der Waals surface area (Å²) in [5.74, 6) is 0.828. The molecule has 0 aliphatic heterocycles. The first-order valence-electron chi connectivity index (χ1n) is 8.37. The van der Waals surface area contributed by atoms with E-state index in [9.17, 15) is 0 Å². The fourth-order valence-corrected chi connectivity index (χ4v) is 2.90. The second kappa shape index (κ2) is 7.41. The van der Waals surface area contributed by atoms with Gasteiger partial charge in [0.05, 0.1) is 0 Å². The fraction of sp³-hybridized carbons (Fsp3) is 0.400. The molecule has 24 heavy (non-hydrogen) atoms. The number of ether oxygens (including phenoxy) is 1. The smallest absolute Gasteiger partial charge is 0.119 e. The maximum atomic E-state index is 6.26. The van der Waals surface area contributed by atoms with Crippen LogP contribution in [0.5, 0.6) is 5.75 Å². The van der Waals surface area contributed by atoms with Crippen LogP contribution in [0.1, 0.15) is 31.9 Å². The molecule has 0 unspecified atom stereocenters. The third kappa shape index (κ3) is 5.11. The van der Waals surface area contributed by atoms with Gasteiger partial charge in [0.15, 0.2) is 0 Å². The molecule has 0 aliphatic rings. The highest BCUT2D eigenvalue weighted by Gasteiger charge is 2.24. The van der Waals surface area contributed by atoms with Gasteiger partial charge in [-0.15, -0.1) is 18.1 Å². The lowest BCUT2D eigenvalue weighted by atomic mass is 10.1. The zero-order valence-electron chi connectivity index (χ0n) is 15.4. The molecule has 0 amide bonds. The first kappa shape index (κ1) is 18.6. The van der Waals surface area contributed by atoms with Gasteiger partial charge in [-0.1, -0.05) is 45.0 Å². The van der Waals surface area contributed by atoms with Gasteiger partial charge in [0.2, 0.25) is 0 Å². The van der Waals surface area contributed by atoms with E-state index in [0.29, 0.717) is 13.2 Å². The third-order valence-electron chi connectivity index (χ3n) is 4.71. The molecule has 0 aromatic heterocycles. The van der Waals surface area contributed by atoms with Crippen LogP contribution in [0.2, 0.25) is 18.1 Å². The van der Waals surface area contributed by atoms with E-state index in [-0.39, 0.29) is 5.04 Å². The van der Waals surface area contributed by atoms with Crippen LogP contribution in [-0.2, 0) is 17.6 Å². The minimum atomic E-state index is -1.70. The van der Waals surface area contributed by atoms with Crippen molar-refractivity contribution in [3.8, 4) is 5.75 Å². The minimum absolute atomic E-state index is 0.236. The number of anilines is 1. The normalized spacial score (nSPS) is 12.2. The number of nitrogen functional groups attached to an aromatic ring is 1. The topological polar surface area (TPSA) is 44.5 Å². The Kier molecular flexibility index (Phi) is 5.73. The van der Waals surface area contributed by atoms with Gasteiger partial charge >= 0.3 is 0 Å². The molecule has 0 radical (unpaired) electrons. The van der Waals surface area contributed by atoms with Crippen LogP contribution < -0.4 is 10.5 Å². The van der Waals surface area contributed by atoms with Crippen molar-refractivity contribution < 1.29 is 9.16 Å². The molecule has 3 nitrogen and oxygen atoms in total. The van der Waals surface area contributed by atoms with Gasteiger partial charge in [0.25, 0.3) is 0 Å². The van der Waals surface area contributed by atoms with Crippen molar-refractivity contribution in [2.75, 3.05) is 5.73 Å². The van der Waals surface area contributed by atoms with E-state index < -0.39 is 8.32 Å². The highest BCUT2D eigenvalue weighted by atomic mass is 28.4. The van der Waals surface area contributed by atoms with E-state index in [1.54, 1.807) is 0 Å². The van der Waals surface area contributed by atoms with Crippen LogP contribution in [0, 0.1) is 0 Å². The Morgan fingerprint density at radius 3 is 1.83 bits per heavy atom. The predicted molar refractivity (Wildman–Crippen MR) is 104 cm³/mol. The maximum absolute atomic E-state index is 6.26. The van der Waals surface area contributed by atoms with Gasteiger partial charge < -0.3 is 14.9 Å². The molecule has 0 heterocycles. The molecular formula is C20H29NO2Si-. The van der Waals surface area contributed by atoms with E-state index in [4.69, 9.17) is 14.9 Å². The Morgan fingerprint density at radius 1 is 0.833 bits per heavy atom. The summed E-state index contributed by atoms with van der Waals surface area (Å²) in [6.45, 7) is 12.6. The summed E-state index contributed by atoms with van der Waals surface area (Å²) in [4.78, 5) is 0. The van der Waals surface area contributed by atoms with Crippen molar-refractivity contribution in [2.24, 2.45) is 0 Å². The summed E-state index contributed by atoms with van der Waals surface area (Å²) >= 11 is 0. The van der Waals surface area contributed by atoms with Crippen molar-refractivity contribution in [2.45, 2.75) is 52.1 Å². The van der Waals surface area contributed by atoms with Crippen LogP contribution in [0.4, 0.5) is 5.69 Å². The Bertz CT molecular complexity index is 643. The first-order valence-corrected chi connectivity index (χ1v) is 11.3. The van der Waals surface area contributed by atoms with Gasteiger partial charge in [-0.2, -0.15) is 0 Å². The second-order valence-electron chi connectivity index (χ2n) is 7.72. The molecule has 0 aliphatic carbocycles. The molecule has 0 atom stereocenters. The Balaban J connectivity index is 1.87. The van der Waals surface area contributed by atoms with Gasteiger partial charge in [0.1, 0.15) is 12.4 Å². The zero-order chi connectivity index (χ0) is 17.8. The van der Waals surface area contributed by atoms with Gasteiger partial charge in [0, 0.05) is 12.3 Å². The summed E-state index contributed by atoms with van der Waals surface area (Å²) in [6, 6.07) is 15.9. The average Bonchev–Trinajstić information content (AvgIpc) is 2.52. The number of rotatable bonds is 6. The van der Waals surface area contributed by atoms with Crippen LogP contribution in [-0.4, -0.2) is 8.32 Å². The molecule has 0 spiro atoms. The van der Waals surface area contributed by atoms with Gasteiger partial charge in [-0.3, -0.25) is 0 Å². The average molecular weight is 344 g/mol. The Labute approximate surface area is 146 Å². The van der Waals surface area contributed by atoms with Gasteiger partial charge in [-0.25, -0.2) is 0 Å². The number of hydrogen-bond acceptors (Lipinski definition) is 3. The van der Waals surface area contributed by atoms with Crippen LogP contribution in [0.25, 0.3) is 0 Å².